The van der Waals surface area contributed by atoms with Crippen LogP contribution >= 0.6 is 24.0 Å². The number of hydrogen-bond donors (Lipinski definition) is 2. The number of rotatable bonds is 8. The number of nitrogens with zero attached hydrogens (tertiary/aromatic N) is 3. The van der Waals surface area contributed by atoms with E-state index < -0.39 is 0 Å². The van der Waals surface area contributed by atoms with E-state index in [1.54, 1.807) is 6.26 Å². The summed E-state index contributed by atoms with van der Waals surface area (Å²) in [7, 11) is 4.15. The van der Waals surface area contributed by atoms with Gasteiger partial charge in [-0.15, -0.1) is 24.0 Å². The van der Waals surface area contributed by atoms with Gasteiger partial charge in [0, 0.05) is 18.7 Å². The van der Waals surface area contributed by atoms with E-state index in [1.807, 2.05) is 12.1 Å². The average molecular weight is 533 g/mol. The SMILES string of the molecule is CCNC(=NCc1ccc(CN(C)C)cc1)NCc1coc(-c2ccc(C)cc2)n1.I. The molecule has 0 spiro atoms. The largest absolute Gasteiger partial charge is 0.444 e. The van der Waals surface area contributed by atoms with Gasteiger partial charge in [-0.25, -0.2) is 9.98 Å². The van der Waals surface area contributed by atoms with Gasteiger partial charge in [-0.2, -0.15) is 0 Å². The minimum Gasteiger partial charge on any atom is -0.444 e. The second kappa shape index (κ2) is 12.5. The maximum atomic E-state index is 5.64. The van der Waals surface area contributed by atoms with Crippen LogP contribution in [0.25, 0.3) is 11.5 Å². The van der Waals surface area contributed by atoms with Crippen molar-refractivity contribution in [2.45, 2.75) is 33.5 Å². The Labute approximate surface area is 202 Å². The summed E-state index contributed by atoms with van der Waals surface area (Å²) in [5.41, 5.74) is 5.51. The Morgan fingerprint density at radius 1 is 1.00 bits per heavy atom. The van der Waals surface area contributed by atoms with E-state index in [2.05, 4.69) is 89.9 Å². The first-order valence-corrected chi connectivity index (χ1v) is 10.3. The third-order valence-corrected chi connectivity index (χ3v) is 4.57. The first kappa shape index (κ1) is 24.9. The van der Waals surface area contributed by atoms with Crippen molar-refractivity contribution in [3.63, 3.8) is 0 Å². The zero-order valence-electron chi connectivity index (χ0n) is 18.7. The molecule has 0 saturated heterocycles. The maximum Gasteiger partial charge on any atom is 0.226 e. The first-order valence-electron chi connectivity index (χ1n) is 10.3. The first-order chi connectivity index (χ1) is 14.5. The number of guanidine groups is 1. The molecule has 1 aromatic heterocycles. The number of oxazole rings is 1. The molecule has 0 aliphatic heterocycles. The lowest BCUT2D eigenvalue weighted by atomic mass is 10.1. The zero-order valence-corrected chi connectivity index (χ0v) is 21.0. The van der Waals surface area contributed by atoms with Crippen molar-refractivity contribution < 1.29 is 4.42 Å². The van der Waals surface area contributed by atoms with E-state index in [4.69, 9.17) is 4.42 Å². The van der Waals surface area contributed by atoms with Crippen LogP contribution in [0.4, 0.5) is 0 Å². The summed E-state index contributed by atoms with van der Waals surface area (Å²) in [6.45, 7) is 7.01. The highest BCUT2D eigenvalue weighted by molar-refractivity contribution is 14.0. The molecule has 0 amide bonds. The molecule has 0 radical (unpaired) electrons. The van der Waals surface area contributed by atoms with E-state index in [1.165, 1.54) is 16.7 Å². The van der Waals surface area contributed by atoms with Crippen LogP contribution in [-0.2, 0) is 19.6 Å². The van der Waals surface area contributed by atoms with Gasteiger partial charge in [-0.1, -0.05) is 42.0 Å². The highest BCUT2D eigenvalue weighted by atomic mass is 127. The fourth-order valence-corrected chi connectivity index (χ4v) is 3.02. The Hall–Kier alpha value is -2.39. The van der Waals surface area contributed by atoms with Crippen LogP contribution in [0.2, 0.25) is 0 Å². The van der Waals surface area contributed by atoms with Crippen molar-refractivity contribution in [3.8, 4) is 11.5 Å². The Balaban J connectivity index is 0.00000341. The van der Waals surface area contributed by atoms with Gasteiger partial charge < -0.3 is 20.0 Å². The van der Waals surface area contributed by atoms with Crippen molar-refractivity contribution in [1.82, 2.24) is 20.5 Å². The summed E-state index contributed by atoms with van der Waals surface area (Å²) in [4.78, 5) is 11.4. The highest BCUT2D eigenvalue weighted by Crippen LogP contribution is 2.19. The second-order valence-electron chi connectivity index (χ2n) is 7.61. The summed E-state index contributed by atoms with van der Waals surface area (Å²) < 4.78 is 5.64. The molecule has 0 unspecified atom stereocenters. The van der Waals surface area contributed by atoms with E-state index in [0.29, 0.717) is 19.0 Å². The lowest BCUT2D eigenvalue weighted by molar-refractivity contribution is 0.402. The molecule has 0 saturated carbocycles. The van der Waals surface area contributed by atoms with Crippen LogP contribution in [0.1, 0.15) is 29.3 Å². The Bertz CT molecular complexity index is 949. The highest BCUT2D eigenvalue weighted by Gasteiger charge is 2.07. The smallest absolute Gasteiger partial charge is 0.226 e. The molecule has 3 aromatic rings. The van der Waals surface area contributed by atoms with Gasteiger partial charge in [0.1, 0.15) is 6.26 Å². The van der Waals surface area contributed by atoms with Gasteiger partial charge in [0.25, 0.3) is 0 Å². The Morgan fingerprint density at radius 2 is 1.68 bits per heavy atom. The molecule has 0 fully saturated rings. The molecule has 1 heterocycles. The Kier molecular flexibility index (Phi) is 10.00. The lowest BCUT2D eigenvalue weighted by Gasteiger charge is -2.11. The topological polar surface area (TPSA) is 65.7 Å². The van der Waals surface area contributed by atoms with Crippen LogP contribution in [-0.4, -0.2) is 36.5 Å². The summed E-state index contributed by atoms with van der Waals surface area (Å²) in [5.74, 6) is 1.39. The molecule has 0 aliphatic carbocycles. The summed E-state index contributed by atoms with van der Waals surface area (Å²) in [6.07, 6.45) is 1.69. The molecule has 7 heteroatoms. The molecule has 6 nitrogen and oxygen atoms in total. The van der Waals surface area contributed by atoms with Crippen molar-refractivity contribution in [1.29, 1.82) is 0 Å². The number of aryl methyl sites for hydroxylation is 1. The molecule has 166 valence electrons. The van der Waals surface area contributed by atoms with Gasteiger partial charge in [0.15, 0.2) is 5.96 Å². The monoisotopic (exact) mass is 533 g/mol. The molecule has 0 bridgehead atoms. The van der Waals surface area contributed by atoms with Crippen LogP contribution in [0.5, 0.6) is 0 Å². The maximum absolute atomic E-state index is 5.64. The third kappa shape index (κ3) is 7.99. The van der Waals surface area contributed by atoms with Crippen LogP contribution < -0.4 is 10.6 Å². The number of benzene rings is 2. The van der Waals surface area contributed by atoms with Crippen LogP contribution in [0, 0.1) is 6.92 Å². The fourth-order valence-electron chi connectivity index (χ4n) is 3.02. The fraction of sp³-hybridized carbons (Fsp3) is 0.333. The zero-order chi connectivity index (χ0) is 21.3. The summed E-state index contributed by atoms with van der Waals surface area (Å²) in [6, 6.07) is 16.7. The molecule has 3 rings (SSSR count). The summed E-state index contributed by atoms with van der Waals surface area (Å²) in [5, 5.41) is 6.61. The minimum absolute atomic E-state index is 0. The minimum atomic E-state index is 0. The average Bonchev–Trinajstić information content (AvgIpc) is 3.20. The van der Waals surface area contributed by atoms with Gasteiger partial charge in [0.2, 0.25) is 5.89 Å². The Morgan fingerprint density at radius 3 is 2.32 bits per heavy atom. The van der Waals surface area contributed by atoms with Crippen molar-refractivity contribution in [2.75, 3.05) is 20.6 Å². The third-order valence-electron chi connectivity index (χ3n) is 4.57. The van der Waals surface area contributed by atoms with Crippen LogP contribution in [0.15, 0.2) is 64.2 Å². The van der Waals surface area contributed by atoms with Gasteiger partial charge >= 0.3 is 0 Å². The molecule has 2 N–H and O–H groups in total. The number of nitrogens with one attached hydrogen (secondary N) is 2. The van der Waals surface area contributed by atoms with E-state index in [-0.39, 0.29) is 24.0 Å². The molecule has 0 atom stereocenters. The number of aliphatic imine (C=N–C) groups is 1. The number of halogens is 1. The second-order valence-corrected chi connectivity index (χ2v) is 7.61. The van der Waals surface area contributed by atoms with Gasteiger partial charge in [-0.05, 0) is 51.2 Å². The molecule has 31 heavy (non-hydrogen) atoms. The van der Waals surface area contributed by atoms with Gasteiger partial charge in [0.05, 0.1) is 18.8 Å². The molecule has 2 aromatic carbocycles. The summed E-state index contributed by atoms with van der Waals surface area (Å²) >= 11 is 0. The lowest BCUT2D eigenvalue weighted by Crippen LogP contribution is -2.36. The van der Waals surface area contributed by atoms with E-state index in [0.717, 1.165) is 30.3 Å². The standard InChI is InChI=1S/C24H31N5O.HI/c1-5-25-24(26-14-19-8-10-20(11-9-19)16-29(3)4)27-15-22-17-30-23(28-22)21-12-6-18(2)7-13-21;/h6-13,17H,5,14-16H2,1-4H3,(H2,25,26,27);1H. The molecule has 0 aliphatic rings. The van der Waals surface area contributed by atoms with Crippen LogP contribution in [0.3, 0.4) is 0 Å². The molecular weight excluding hydrogens is 501 g/mol. The van der Waals surface area contributed by atoms with Gasteiger partial charge in [-0.3, -0.25) is 0 Å². The van der Waals surface area contributed by atoms with E-state index in [9.17, 15) is 0 Å². The quantitative estimate of drug-likeness (QED) is 0.252. The number of hydrogen-bond acceptors (Lipinski definition) is 4. The van der Waals surface area contributed by atoms with Crippen molar-refractivity contribution >= 4 is 29.9 Å². The number of aromatic nitrogens is 1. The predicted molar refractivity (Wildman–Crippen MR) is 138 cm³/mol. The van der Waals surface area contributed by atoms with Crippen molar-refractivity contribution in [3.05, 3.63) is 77.2 Å². The van der Waals surface area contributed by atoms with E-state index >= 15 is 0 Å². The van der Waals surface area contributed by atoms with Crippen molar-refractivity contribution in [2.24, 2.45) is 4.99 Å². The normalized spacial score (nSPS) is 11.3. The molecular formula is C24H32IN5O. The predicted octanol–water partition coefficient (Wildman–Crippen LogP) is 4.58.